The molecule has 0 unspecified atom stereocenters. The van der Waals surface area contributed by atoms with Crippen LogP contribution in [0.5, 0.6) is 0 Å². The summed E-state index contributed by atoms with van der Waals surface area (Å²) in [5.41, 5.74) is 2.37. The lowest BCUT2D eigenvalue weighted by atomic mass is 10.1. The fraction of sp³-hybridized carbons (Fsp3) is 0.250. The molecule has 0 spiro atoms. The molecular weight excluding hydrogens is 370 g/mol. The van der Waals surface area contributed by atoms with Crippen LogP contribution in [-0.2, 0) is 7.05 Å². The zero-order valence-corrected chi connectivity index (χ0v) is 15.8. The smallest absolute Gasteiger partial charge is 0.329 e. The van der Waals surface area contributed by atoms with Crippen molar-refractivity contribution in [3.63, 3.8) is 0 Å². The molecule has 0 aromatic carbocycles. The summed E-state index contributed by atoms with van der Waals surface area (Å²) in [5, 5.41) is 2.82. The summed E-state index contributed by atoms with van der Waals surface area (Å²) in [6.07, 6.45) is 7.23. The molecular formula is C20H19N7O2. The van der Waals surface area contributed by atoms with Gasteiger partial charge in [-0.15, -0.1) is 0 Å². The van der Waals surface area contributed by atoms with Crippen LogP contribution in [0.3, 0.4) is 0 Å². The van der Waals surface area contributed by atoms with Gasteiger partial charge < -0.3 is 9.47 Å². The van der Waals surface area contributed by atoms with Gasteiger partial charge in [-0.3, -0.25) is 20.0 Å². The van der Waals surface area contributed by atoms with Crippen LogP contribution in [0, 0.1) is 0 Å². The van der Waals surface area contributed by atoms with Crippen molar-refractivity contribution in [2.45, 2.75) is 12.5 Å². The molecule has 0 radical (unpaired) electrons. The van der Waals surface area contributed by atoms with E-state index in [1.54, 1.807) is 30.4 Å². The van der Waals surface area contributed by atoms with Crippen molar-refractivity contribution in [2.24, 2.45) is 7.05 Å². The highest BCUT2D eigenvalue weighted by atomic mass is 16.2. The monoisotopic (exact) mass is 389 g/mol. The number of nitrogens with zero attached hydrogens (tertiary/aromatic N) is 6. The second kappa shape index (κ2) is 6.69. The Hall–Kier alpha value is -3.75. The summed E-state index contributed by atoms with van der Waals surface area (Å²) in [7, 11) is 1.71. The van der Waals surface area contributed by atoms with Gasteiger partial charge in [-0.05, 0) is 24.6 Å². The Morgan fingerprint density at radius 3 is 2.90 bits per heavy atom. The van der Waals surface area contributed by atoms with Crippen molar-refractivity contribution in [2.75, 3.05) is 28.2 Å². The van der Waals surface area contributed by atoms with Crippen LogP contribution >= 0.6 is 0 Å². The van der Waals surface area contributed by atoms with E-state index in [2.05, 4.69) is 20.2 Å². The summed E-state index contributed by atoms with van der Waals surface area (Å²) in [6, 6.07) is 6.95. The molecule has 1 fully saturated rings. The van der Waals surface area contributed by atoms with Crippen LogP contribution < -0.4 is 20.7 Å². The van der Waals surface area contributed by atoms with E-state index >= 15 is 0 Å². The van der Waals surface area contributed by atoms with Gasteiger partial charge in [0.2, 0.25) is 5.56 Å². The van der Waals surface area contributed by atoms with E-state index in [1.807, 2.05) is 12.1 Å². The molecule has 29 heavy (non-hydrogen) atoms. The number of hydrogen-bond acceptors (Lipinski definition) is 6. The first-order chi connectivity index (χ1) is 14.1. The first-order valence-electron chi connectivity index (χ1n) is 9.39. The average Bonchev–Trinajstić information content (AvgIpc) is 3.15. The highest BCUT2D eigenvalue weighted by molar-refractivity contribution is 6.04. The third-order valence-corrected chi connectivity index (χ3v) is 5.35. The zero-order chi connectivity index (χ0) is 20.0. The predicted octanol–water partition coefficient (Wildman–Crippen LogP) is 1.87. The standard InChI is InChI=1S/C20H19N7O2/c1-25-11-13(2-5-18(25)28)15-3-4-16-19(23-15)27(14-6-9-26(16)12-14)20(29)24-17-10-21-7-8-22-17/h2-5,7-8,10-11,14H,6,9,12H2,1H3,(H,22,24,29)/t14-/m0/s1. The van der Waals surface area contributed by atoms with Crippen LogP contribution in [-0.4, -0.2) is 44.7 Å². The maximum Gasteiger partial charge on any atom is 0.329 e. The maximum absolute atomic E-state index is 13.1. The van der Waals surface area contributed by atoms with Crippen LogP contribution in [0.4, 0.5) is 22.1 Å². The molecule has 5 heterocycles. The fourth-order valence-corrected chi connectivity index (χ4v) is 3.91. The van der Waals surface area contributed by atoms with Crippen LogP contribution in [0.25, 0.3) is 11.3 Å². The van der Waals surface area contributed by atoms with Gasteiger partial charge in [-0.25, -0.2) is 14.8 Å². The van der Waals surface area contributed by atoms with Crippen LogP contribution in [0.1, 0.15) is 6.42 Å². The van der Waals surface area contributed by atoms with Crippen molar-refractivity contribution in [3.05, 3.63) is 59.4 Å². The zero-order valence-electron chi connectivity index (χ0n) is 15.8. The predicted molar refractivity (Wildman–Crippen MR) is 109 cm³/mol. The summed E-state index contributed by atoms with van der Waals surface area (Å²) < 4.78 is 1.52. The number of fused-ring (bicyclic) bond motifs is 4. The number of hydrogen-bond donors (Lipinski definition) is 1. The van der Waals surface area contributed by atoms with Gasteiger partial charge in [0, 0.05) is 50.4 Å². The van der Waals surface area contributed by atoms with E-state index in [0.717, 1.165) is 30.8 Å². The molecule has 9 heteroatoms. The molecule has 0 aliphatic carbocycles. The third-order valence-electron chi connectivity index (χ3n) is 5.35. The summed E-state index contributed by atoms with van der Waals surface area (Å²) >= 11 is 0. The number of carbonyl (C=O) groups excluding carboxylic acids is 1. The molecule has 1 N–H and O–H groups in total. The van der Waals surface area contributed by atoms with Crippen molar-refractivity contribution < 1.29 is 4.79 Å². The normalized spacial score (nSPS) is 17.2. The highest BCUT2D eigenvalue weighted by Crippen LogP contribution is 2.40. The highest BCUT2D eigenvalue weighted by Gasteiger charge is 2.40. The number of aryl methyl sites for hydroxylation is 1. The Bertz CT molecular complexity index is 1150. The number of pyridine rings is 2. The maximum atomic E-state index is 13.1. The van der Waals surface area contributed by atoms with Crippen LogP contribution in [0.2, 0.25) is 0 Å². The third kappa shape index (κ3) is 3.00. The van der Waals surface area contributed by atoms with Crippen molar-refractivity contribution in [3.8, 4) is 11.3 Å². The van der Waals surface area contributed by atoms with Crippen molar-refractivity contribution in [1.29, 1.82) is 0 Å². The number of anilines is 3. The molecule has 1 atom stereocenters. The number of aromatic nitrogens is 4. The quantitative estimate of drug-likeness (QED) is 0.719. The first-order valence-corrected chi connectivity index (χ1v) is 9.39. The molecule has 2 aliphatic heterocycles. The Kier molecular flexibility index (Phi) is 4.01. The average molecular weight is 389 g/mol. The SMILES string of the molecule is Cn1cc(-c2ccc3c(n2)N(C(=O)Nc2cnccn2)[C@H]2CCN3C2)ccc1=O. The van der Waals surface area contributed by atoms with E-state index in [4.69, 9.17) is 4.98 Å². The van der Waals surface area contributed by atoms with Crippen LogP contribution in [0.15, 0.2) is 53.8 Å². The summed E-state index contributed by atoms with van der Waals surface area (Å²) in [6.45, 7) is 1.66. The Labute approximate surface area is 166 Å². The van der Waals surface area contributed by atoms with E-state index in [9.17, 15) is 9.59 Å². The molecule has 2 bridgehead atoms. The summed E-state index contributed by atoms with van der Waals surface area (Å²) in [4.78, 5) is 41.7. The van der Waals surface area contributed by atoms with Gasteiger partial charge in [-0.2, -0.15) is 0 Å². The van der Waals surface area contributed by atoms with Gasteiger partial charge in [-0.1, -0.05) is 0 Å². The Balaban J connectivity index is 1.55. The lowest BCUT2D eigenvalue weighted by Gasteiger charge is -2.35. The number of urea groups is 1. The lowest BCUT2D eigenvalue weighted by molar-refractivity contribution is 0.254. The number of carbonyl (C=O) groups is 1. The molecule has 2 amide bonds. The van der Waals surface area contributed by atoms with Crippen molar-refractivity contribution >= 4 is 23.4 Å². The Morgan fingerprint density at radius 2 is 2.10 bits per heavy atom. The number of nitrogens with one attached hydrogen (secondary N) is 1. The van der Waals surface area contributed by atoms with E-state index in [1.165, 1.54) is 23.0 Å². The second-order valence-corrected chi connectivity index (χ2v) is 7.19. The number of rotatable bonds is 2. The first kappa shape index (κ1) is 17.4. The lowest BCUT2D eigenvalue weighted by Crippen LogP contribution is -2.48. The summed E-state index contributed by atoms with van der Waals surface area (Å²) in [5.74, 6) is 1.01. The second-order valence-electron chi connectivity index (χ2n) is 7.19. The minimum atomic E-state index is -0.275. The molecule has 3 aromatic rings. The molecule has 2 aliphatic rings. The van der Waals surface area contributed by atoms with E-state index in [-0.39, 0.29) is 17.6 Å². The minimum Gasteiger partial charge on any atom is -0.366 e. The molecule has 5 rings (SSSR count). The van der Waals surface area contributed by atoms with Gasteiger partial charge in [0.05, 0.1) is 23.6 Å². The molecule has 146 valence electrons. The van der Waals surface area contributed by atoms with Crippen molar-refractivity contribution in [1.82, 2.24) is 19.5 Å². The van der Waals surface area contributed by atoms with E-state index in [0.29, 0.717) is 17.3 Å². The van der Waals surface area contributed by atoms with E-state index < -0.39 is 0 Å². The largest absolute Gasteiger partial charge is 0.366 e. The fourth-order valence-electron chi connectivity index (χ4n) is 3.91. The van der Waals surface area contributed by atoms with Gasteiger partial charge in [0.1, 0.15) is 0 Å². The number of amides is 2. The molecule has 0 saturated carbocycles. The van der Waals surface area contributed by atoms with Gasteiger partial charge in [0.15, 0.2) is 11.6 Å². The van der Waals surface area contributed by atoms with Gasteiger partial charge in [0.25, 0.3) is 0 Å². The molecule has 1 saturated heterocycles. The van der Waals surface area contributed by atoms with Gasteiger partial charge >= 0.3 is 6.03 Å². The molecule has 9 nitrogen and oxygen atoms in total. The Morgan fingerprint density at radius 1 is 1.21 bits per heavy atom. The topological polar surface area (TPSA) is 96.2 Å². The molecule has 3 aromatic heterocycles. The minimum absolute atomic E-state index is 0.0436.